The predicted octanol–water partition coefficient (Wildman–Crippen LogP) is 4.50. The zero-order valence-electron chi connectivity index (χ0n) is 17.0. The van der Waals surface area contributed by atoms with E-state index in [1.54, 1.807) is 16.0 Å². The molecule has 1 unspecified atom stereocenters. The third-order valence-corrected chi connectivity index (χ3v) is 6.28. The fraction of sp³-hybridized carbons (Fsp3) is 0.217. The van der Waals surface area contributed by atoms with Crippen LogP contribution in [0.5, 0.6) is 0 Å². The van der Waals surface area contributed by atoms with Gasteiger partial charge in [-0.1, -0.05) is 48.5 Å². The standard InChI is InChI=1S/C23H24N4OS/c1-16-15-29-23(26(16)17(2)19-11-7-5-8-12-19)24-21-18(3)25(4)27(22(21)28)20-13-9-6-10-14-20/h5-15,17H,1-4H3. The van der Waals surface area contributed by atoms with Gasteiger partial charge in [0, 0.05) is 18.1 Å². The van der Waals surface area contributed by atoms with Gasteiger partial charge < -0.3 is 4.57 Å². The van der Waals surface area contributed by atoms with E-state index in [4.69, 9.17) is 4.99 Å². The molecule has 0 fully saturated rings. The number of hydrogen-bond donors (Lipinski definition) is 0. The van der Waals surface area contributed by atoms with Gasteiger partial charge in [0.25, 0.3) is 5.56 Å². The van der Waals surface area contributed by atoms with Crippen molar-refractivity contribution < 1.29 is 0 Å². The number of aryl methyl sites for hydroxylation is 1. The molecule has 0 aliphatic heterocycles. The van der Waals surface area contributed by atoms with E-state index < -0.39 is 0 Å². The molecule has 0 saturated heterocycles. The maximum Gasteiger partial charge on any atom is 0.297 e. The second kappa shape index (κ2) is 7.72. The van der Waals surface area contributed by atoms with Gasteiger partial charge in [-0.05, 0) is 38.5 Å². The Hall–Kier alpha value is -3.12. The lowest BCUT2D eigenvalue weighted by Crippen LogP contribution is -2.22. The second-order valence-corrected chi connectivity index (χ2v) is 7.97. The van der Waals surface area contributed by atoms with Crippen LogP contribution in [0.3, 0.4) is 0 Å². The minimum absolute atomic E-state index is 0.110. The first-order chi connectivity index (χ1) is 14.0. The van der Waals surface area contributed by atoms with Gasteiger partial charge in [-0.2, -0.15) is 0 Å². The molecule has 0 amide bonds. The number of thiazole rings is 1. The van der Waals surface area contributed by atoms with Crippen LogP contribution in [0.2, 0.25) is 0 Å². The van der Waals surface area contributed by atoms with Gasteiger partial charge >= 0.3 is 0 Å². The summed E-state index contributed by atoms with van der Waals surface area (Å²) in [7, 11) is 1.89. The van der Waals surface area contributed by atoms with Crippen molar-refractivity contribution in [2.75, 3.05) is 0 Å². The first-order valence-electron chi connectivity index (χ1n) is 9.59. The molecule has 0 spiro atoms. The molecular weight excluding hydrogens is 380 g/mol. The van der Waals surface area contributed by atoms with Gasteiger partial charge in [-0.15, -0.1) is 11.3 Å². The zero-order chi connectivity index (χ0) is 20.5. The van der Waals surface area contributed by atoms with Gasteiger partial charge in [0.15, 0.2) is 10.5 Å². The molecule has 0 saturated carbocycles. The average Bonchev–Trinajstić information content (AvgIpc) is 3.21. The van der Waals surface area contributed by atoms with Crippen LogP contribution in [0.25, 0.3) is 5.69 Å². The van der Waals surface area contributed by atoms with Crippen LogP contribution >= 0.6 is 11.3 Å². The van der Waals surface area contributed by atoms with Crippen molar-refractivity contribution in [2.24, 2.45) is 12.0 Å². The van der Waals surface area contributed by atoms with Crippen LogP contribution in [-0.4, -0.2) is 13.9 Å². The van der Waals surface area contributed by atoms with E-state index >= 15 is 0 Å². The highest BCUT2D eigenvalue weighted by atomic mass is 32.1. The minimum Gasteiger partial charge on any atom is -0.314 e. The molecule has 2 aromatic carbocycles. The predicted molar refractivity (Wildman–Crippen MR) is 118 cm³/mol. The van der Waals surface area contributed by atoms with Gasteiger partial charge in [0.2, 0.25) is 0 Å². The van der Waals surface area contributed by atoms with Crippen LogP contribution in [0, 0.1) is 13.8 Å². The van der Waals surface area contributed by atoms with E-state index in [0.717, 1.165) is 21.9 Å². The Morgan fingerprint density at radius 3 is 2.24 bits per heavy atom. The van der Waals surface area contributed by atoms with Crippen molar-refractivity contribution in [3.63, 3.8) is 0 Å². The summed E-state index contributed by atoms with van der Waals surface area (Å²) in [6, 6.07) is 20.1. The van der Waals surface area contributed by atoms with E-state index in [9.17, 15) is 4.79 Å². The van der Waals surface area contributed by atoms with Crippen LogP contribution < -0.4 is 10.4 Å². The molecule has 148 valence electrons. The maximum atomic E-state index is 13.2. The van der Waals surface area contributed by atoms with Gasteiger partial charge in [0.1, 0.15) is 0 Å². The molecular formula is C23H24N4OS. The lowest BCUT2D eigenvalue weighted by atomic mass is 10.1. The molecule has 6 heteroatoms. The van der Waals surface area contributed by atoms with Crippen molar-refractivity contribution in [3.05, 3.63) is 98.2 Å². The summed E-state index contributed by atoms with van der Waals surface area (Å²) in [6.45, 7) is 6.17. The Kier molecular flexibility index (Phi) is 5.11. The van der Waals surface area contributed by atoms with Crippen molar-refractivity contribution in [3.8, 4) is 5.69 Å². The van der Waals surface area contributed by atoms with E-state index in [2.05, 4.69) is 35.9 Å². The number of hydrogen-bond acceptors (Lipinski definition) is 3. The van der Waals surface area contributed by atoms with E-state index in [0.29, 0.717) is 5.69 Å². The highest BCUT2D eigenvalue weighted by molar-refractivity contribution is 7.07. The molecule has 4 aromatic rings. The number of nitrogens with zero attached hydrogens (tertiary/aromatic N) is 4. The molecule has 0 radical (unpaired) electrons. The largest absolute Gasteiger partial charge is 0.314 e. The quantitative estimate of drug-likeness (QED) is 0.494. The molecule has 4 rings (SSSR count). The summed E-state index contributed by atoms with van der Waals surface area (Å²) in [6.07, 6.45) is 0. The third kappa shape index (κ3) is 3.40. The van der Waals surface area contributed by atoms with Gasteiger partial charge in [0.05, 0.1) is 17.4 Å². The molecule has 29 heavy (non-hydrogen) atoms. The summed E-state index contributed by atoms with van der Waals surface area (Å²) < 4.78 is 5.72. The molecule has 1 atom stereocenters. The Bertz CT molecular complexity index is 1260. The Morgan fingerprint density at radius 1 is 0.966 bits per heavy atom. The molecule has 0 bridgehead atoms. The van der Waals surface area contributed by atoms with E-state index in [1.165, 1.54) is 5.56 Å². The third-order valence-electron chi connectivity index (χ3n) is 5.32. The van der Waals surface area contributed by atoms with Crippen molar-refractivity contribution in [1.82, 2.24) is 13.9 Å². The molecule has 2 heterocycles. The monoisotopic (exact) mass is 404 g/mol. The summed E-state index contributed by atoms with van der Waals surface area (Å²) in [5.74, 6) is 0. The van der Waals surface area contributed by atoms with E-state index in [-0.39, 0.29) is 11.6 Å². The average molecular weight is 405 g/mol. The Balaban J connectivity index is 1.88. The molecule has 0 N–H and O–H groups in total. The lowest BCUT2D eigenvalue weighted by Gasteiger charge is -2.16. The Labute approximate surface area is 173 Å². The molecule has 5 nitrogen and oxygen atoms in total. The number of rotatable bonds is 4. The summed E-state index contributed by atoms with van der Waals surface area (Å²) in [5.41, 5.74) is 4.37. The van der Waals surface area contributed by atoms with Crippen molar-refractivity contribution in [1.29, 1.82) is 0 Å². The van der Waals surface area contributed by atoms with Crippen LogP contribution in [0.15, 0.2) is 75.8 Å². The maximum absolute atomic E-state index is 13.2. The zero-order valence-corrected chi connectivity index (χ0v) is 17.9. The van der Waals surface area contributed by atoms with Crippen LogP contribution in [0.4, 0.5) is 5.69 Å². The van der Waals surface area contributed by atoms with Gasteiger partial charge in [-0.3, -0.25) is 9.48 Å². The SMILES string of the molecule is Cc1csc(=Nc2c(C)n(C)n(-c3ccccc3)c2=O)n1C(C)c1ccccc1. The fourth-order valence-electron chi connectivity index (χ4n) is 3.61. The van der Waals surface area contributed by atoms with E-state index in [1.807, 2.05) is 67.2 Å². The molecule has 0 aliphatic rings. The highest BCUT2D eigenvalue weighted by Crippen LogP contribution is 2.21. The van der Waals surface area contributed by atoms with Crippen LogP contribution in [-0.2, 0) is 7.05 Å². The Morgan fingerprint density at radius 2 is 1.59 bits per heavy atom. The summed E-state index contributed by atoms with van der Waals surface area (Å²) in [4.78, 5) is 18.9. The molecule has 2 aromatic heterocycles. The highest BCUT2D eigenvalue weighted by Gasteiger charge is 2.17. The summed E-state index contributed by atoms with van der Waals surface area (Å²) >= 11 is 1.56. The first-order valence-corrected chi connectivity index (χ1v) is 10.5. The lowest BCUT2D eigenvalue weighted by molar-refractivity contribution is 0.605. The number of para-hydroxylation sites is 1. The second-order valence-electron chi connectivity index (χ2n) is 7.14. The minimum atomic E-state index is -0.110. The first kappa shape index (κ1) is 19.2. The fourth-order valence-corrected chi connectivity index (χ4v) is 4.56. The number of benzene rings is 2. The van der Waals surface area contributed by atoms with Gasteiger partial charge in [-0.25, -0.2) is 9.67 Å². The smallest absolute Gasteiger partial charge is 0.297 e. The molecule has 0 aliphatic carbocycles. The van der Waals surface area contributed by atoms with Crippen molar-refractivity contribution >= 4 is 17.0 Å². The number of aromatic nitrogens is 3. The normalized spacial score (nSPS) is 13.0. The van der Waals surface area contributed by atoms with Crippen LogP contribution in [0.1, 0.15) is 29.9 Å². The topological polar surface area (TPSA) is 44.2 Å². The summed E-state index contributed by atoms with van der Waals surface area (Å²) in [5, 5.41) is 2.09. The van der Waals surface area contributed by atoms with Crippen molar-refractivity contribution in [2.45, 2.75) is 26.8 Å².